The Kier molecular flexibility index (Phi) is 25.8. The lowest BCUT2D eigenvalue weighted by Crippen LogP contribution is -2.69. The van der Waals surface area contributed by atoms with Gasteiger partial charge in [-0.15, -0.1) is 0 Å². The zero-order valence-corrected chi connectivity index (χ0v) is 38.9. The van der Waals surface area contributed by atoms with Crippen LogP contribution in [-0.2, 0) is 42.7 Å². The van der Waals surface area contributed by atoms with Gasteiger partial charge < -0.3 is 115 Å². The van der Waals surface area contributed by atoms with Crippen LogP contribution in [0.2, 0.25) is 0 Å². The van der Waals surface area contributed by atoms with Crippen molar-refractivity contribution in [1.82, 2.24) is 5.32 Å². The molecule has 68 heavy (non-hydrogen) atoms. The first-order valence-electron chi connectivity index (χ1n) is 24.0. The van der Waals surface area contributed by atoms with Gasteiger partial charge in [-0.1, -0.05) is 83.3 Å². The molecule has 0 aromatic rings. The molecule has 4 rings (SSSR count). The van der Waals surface area contributed by atoms with Crippen molar-refractivity contribution in [3.8, 4) is 0 Å². The number of aliphatic hydroxyl groups excluding tert-OH is 13. The second kappa shape index (κ2) is 29.7. The van der Waals surface area contributed by atoms with E-state index in [1.54, 1.807) is 6.08 Å². The fourth-order valence-corrected chi connectivity index (χ4v) is 8.68. The molecule has 24 nitrogen and oxygen atoms in total. The first kappa shape index (κ1) is 58.9. The molecule has 0 radical (unpaired) electrons. The van der Waals surface area contributed by atoms with Crippen LogP contribution in [0.15, 0.2) is 12.2 Å². The fraction of sp³-hybridized carbons (Fsp3) is 0.932. The van der Waals surface area contributed by atoms with E-state index in [-0.39, 0.29) is 6.61 Å². The molecule has 0 aromatic heterocycles. The van der Waals surface area contributed by atoms with Crippen molar-refractivity contribution >= 4 is 5.91 Å². The van der Waals surface area contributed by atoms with Crippen LogP contribution in [-0.4, -0.2) is 240 Å². The SMILES string of the molecule is CCCCCCCCCCCCC/C=C/[C@@H](O)[C@@H](N)CO[C@@H]1O[C@H](CO)[C@@H](O[C@@H]2O[C@H](CO)[C@H](O[C@H]3O[C@H](CO)[C@H](O)[C@H](O[C@@H]4O[C@H](CO)[C@H](O)[C@H](O)[C@H]4NC(C)=O)[C@H]3O)[C@H](O)[C@H]2O)[C@H](O)[C@H]1O. The molecule has 16 N–H and O–H groups in total. The van der Waals surface area contributed by atoms with E-state index >= 15 is 0 Å². The quantitative estimate of drug-likeness (QED) is 0.0259. The number of aliphatic hydroxyl groups is 13. The van der Waals surface area contributed by atoms with Crippen LogP contribution in [0.1, 0.15) is 90.9 Å². The number of hydrogen-bond acceptors (Lipinski definition) is 23. The Morgan fingerprint density at radius 3 is 1.53 bits per heavy atom. The van der Waals surface area contributed by atoms with Crippen LogP contribution in [0, 0.1) is 0 Å². The largest absolute Gasteiger partial charge is 0.394 e. The van der Waals surface area contributed by atoms with Gasteiger partial charge in [-0.3, -0.25) is 4.79 Å². The Labute approximate surface area is 396 Å². The molecule has 0 unspecified atom stereocenters. The zero-order valence-electron chi connectivity index (χ0n) is 38.9. The van der Waals surface area contributed by atoms with E-state index in [0.29, 0.717) is 0 Å². The molecule has 4 aliphatic heterocycles. The van der Waals surface area contributed by atoms with Crippen LogP contribution in [0.25, 0.3) is 0 Å². The topological polar surface area (TPSA) is 392 Å². The normalized spacial score (nSPS) is 40.1. The van der Waals surface area contributed by atoms with Crippen molar-refractivity contribution < 1.29 is 109 Å². The lowest BCUT2D eigenvalue weighted by molar-refractivity contribution is -0.386. The van der Waals surface area contributed by atoms with E-state index in [1.165, 1.54) is 51.4 Å². The Bertz CT molecular complexity index is 1440. The average molecular weight is 989 g/mol. The number of unbranched alkanes of at least 4 members (excludes halogenated alkanes) is 11. The summed E-state index contributed by atoms with van der Waals surface area (Å²) in [4.78, 5) is 11.9. The highest BCUT2D eigenvalue weighted by Gasteiger charge is 2.55. The summed E-state index contributed by atoms with van der Waals surface area (Å²) in [6.45, 7) is -0.496. The van der Waals surface area contributed by atoms with Gasteiger partial charge in [0.15, 0.2) is 25.2 Å². The zero-order chi connectivity index (χ0) is 50.1. The molecule has 0 bridgehead atoms. The predicted molar refractivity (Wildman–Crippen MR) is 233 cm³/mol. The smallest absolute Gasteiger partial charge is 0.217 e. The molecule has 4 heterocycles. The molecule has 4 aliphatic rings. The van der Waals surface area contributed by atoms with Crippen LogP contribution in [0.4, 0.5) is 0 Å². The summed E-state index contributed by atoms with van der Waals surface area (Å²) < 4.78 is 45.4. The molecule has 22 atom stereocenters. The second-order valence-corrected chi connectivity index (χ2v) is 18.1. The maximum absolute atomic E-state index is 11.9. The maximum atomic E-state index is 11.9. The predicted octanol–water partition coefficient (Wildman–Crippen LogP) is -4.64. The molecular formula is C44H80N2O22. The summed E-state index contributed by atoms with van der Waals surface area (Å²) in [5.74, 6) is -0.696. The third-order valence-corrected chi connectivity index (χ3v) is 12.8. The first-order valence-corrected chi connectivity index (χ1v) is 24.0. The van der Waals surface area contributed by atoms with Crippen molar-refractivity contribution in [2.24, 2.45) is 5.73 Å². The Morgan fingerprint density at radius 1 is 0.559 bits per heavy atom. The number of hydrogen-bond donors (Lipinski definition) is 15. The van der Waals surface area contributed by atoms with Crippen molar-refractivity contribution in [2.45, 2.75) is 226 Å². The highest BCUT2D eigenvalue weighted by Crippen LogP contribution is 2.34. The molecule has 4 saturated heterocycles. The van der Waals surface area contributed by atoms with Crippen molar-refractivity contribution in [2.75, 3.05) is 33.0 Å². The Morgan fingerprint density at radius 2 is 1.00 bits per heavy atom. The van der Waals surface area contributed by atoms with Gasteiger partial charge in [0.05, 0.1) is 45.2 Å². The van der Waals surface area contributed by atoms with Gasteiger partial charge in [0, 0.05) is 6.92 Å². The van der Waals surface area contributed by atoms with Crippen molar-refractivity contribution in [3.63, 3.8) is 0 Å². The molecule has 1 amide bonds. The van der Waals surface area contributed by atoms with E-state index in [0.717, 1.165) is 32.6 Å². The fourth-order valence-electron chi connectivity index (χ4n) is 8.68. The van der Waals surface area contributed by atoms with E-state index in [4.69, 9.17) is 43.6 Å². The number of carbonyl (C=O) groups excluding carboxylic acids is 1. The summed E-state index contributed by atoms with van der Waals surface area (Å²) in [6, 6.07) is -2.46. The minimum absolute atomic E-state index is 0.327. The molecule has 24 heteroatoms. The molecule has 398 valence electrons. The van der Waals surface area contributed by atoms with Crippen LogP contribution >= 0.6 is 0 Å². The van der Waals surface area contributed by atoms with E-state index < -0.39 is 167 Å². The van der Waals surface area contributed by atoms with Crippen molar-refractivity contribution in [1.29, 1.82) is 0 Å². The highest BCUT2D eigenvalue weighted by atomic mass is 16.8. The Balaban J connectivity index is 1.30. The molecule has 0 spiro atoms. The van der Waals surface area contributed by atoms with E-state index in [2.05, 4.69) is 12.2 Å². The number of nitrogens with one attached hydrogen (secondary N) is 1. The van der Waals surface area contributed by atoms with Crippen LogP contribution in [0.3, 0.4) is 0 Å². The second-order valence-electron chi connectivity index (χ2n) is 18.1. The summed E-state index contributed by atoms with van der Waals surface area (Å²) in [5, 5.41) is 141. The molecule has 4 fully saturated rings. The lowest BCUT2D eigenvalue weighted by Gasteiger charge is -2.49. The van der Waals surface area contributed by atoms with Gasteiger partial charge in [-0.05, 0) is 12.8 Å². The third kappa shape index (κ3) is 16.2. The number of amides is 1. The highest BCUT2D eigenvalue weighted by molar-refractivity contribution is 5.73. The van der Waals surface area contributed by atoms with E-state index in [1.807, 2.05) is 6.08 Å². The first-order chi connectivity index (χ1) is 32.5. The molecule has 0 aromatic carbocycles. The van der Waals surface area contributed by atoms with Gasteiger partial charge in [0.25, 0.3) is 0 Å². The third-order valence-electron chi connectivity index (χ3n) is 12.8. The number of carbonyl (C=O) groups is 1. The number of ether oxygens (including phenoxy) is 8. The number of rotatable bonds is 28. The van der Waals surface area contributed by atoms with Gasteiger partial charge >= 0.3 is 0 Å². The minimum atomic E-state index is -2.06. The van der Waals surface area contributed by atoms with Crippen LogP contribution < -0.4 is 11.1 Å². The summed E-state index contributed by atoms with van der Waals surface area (Å²) in [7, 11) is 0. The monoisotopic (exact) mass is 989 g/mol. The van der Waals surface area contributed by atoms with Gasteiger partial charge in [0.2, 0.25) is 5.91 Å². The summed E-state index contributed by atoms with van der Waals surface area (Å²) >= 11 is 0. The van der Waals surface area contributed by atoms with Gasteiger partial charge in [-0.2, -0.15) is 0 Å². The van der Waals surface area contributed by atoms with Crippen LogP contribution in [0.5, 0.6) is 0 Å². The van der Waals surface area contributed by atoms with Gasteiger partial charge in [-0.25, -0.2) is 0 Å². The molecule has 0 aliphatic carbocycles. The Hall–Kier alpha value is -1.67. The van der Waals surface area contributed by atoms with Gasteiger partial charge in [0.1, 0.15) is 97.6 Å². The maximum Gasteiger partial charge on any atom is 0.217 e. The molecular weight excluding hydrogens is 908 g/mol. The average Bonchev–Trinajstić information content (AvgIpc) is 3.32. The lowest BCUT2D eigenvalue weighted by atomic mass is 9.95. The van der Waals surface area contributed by atoms with E-state index in [9.17, 15) is 71.2 Å². The standard InChI is InChI=1S/C44H80N2O22/c1-3-4-5-6-7-8-9-10-11-12-13-14-15-16-24(52)23(45)21-61-42-35(58)33(56)38(27(19-49)64-42)66-43-36(59)34(57)39(28(20-50)65-43)67-44-37(60)40(31(54)26(18-48)63-44)68-41-29(46-22(2)51)32(55)30(53)25(17-47)62-41/h15-16,23-44,47-50,52-60H,3-14,17-21,45H2,1-2H3,(H,46,51)/b16-15+/t23-,24+,25+,26+,27+,28+,29+,30-,31-,32+,33+,34+,35+,36+,37+,38+,39-,40-,41-,42+,43-,44+/m0/s1. The molecule has 0 saturated carbocycles. The summed E-state index contributed by atoms with van der Waals surface area (Å²) in [6.07, 6.45) is -17.0. The number of nitrogens with two attached hydrogens (primary N) is 1. The minimum Gasteiger partial charge on any atom is -0.394 e. The summed E-state index contributed by atoms with van der Waals surface area (Å²) in [5.41, 5.74) is 6.12. The van der Waals surface area contributed by atoms with Crippen molar-refractivity contribution in [3.05, 3.63) is 12.2 Å². The number of allylic oxidation sites excluding steroid dienone is 1.